The van der Waals surface area contributed by atoms with Gasteiger partial charge in [-0.3, -0.25) is 13.8 Å². The maximum Gasteiger partial charge on any atom is 0.305 e. The lowest BCUT2D eigenvalue weighted by atomic mass is 9.81. The molecule has 4 rings (SSSR count). The van der Waals surface area contributed by atoms with Gasteiger partial charge in [-0.15, -0.1) is 0 Å². The van der Waals surface area contributed by atoms with Crippen LogP contribution in [0.3, 0.4) is 0 Å². The second-order valence-electron chi connectivity index (χ2n) is 9.57. The molecule has 3 aromatic rings. The van der Waals surface area contributed by atoms with Crippen LogP contribution in [0.4, 0.5) is 5.69 Å². The SMILES string of the molecule is CS(=O)Cc1oc(-c2ccccc2)cc1C(Nc1ccc(C(=O)NCCC(=O)O)cc1)C1CCCCC1. The molecule has 0 spiro atoms. The zero-order chi connectivity index (χ0) is 26.2. The van der Waals surface area contributed by atoms with Crippen molar-refractivity contribution in [2.45, 2.75) is 50.3 Å². The first-order chi connectivity index (χ1) is 17.9. The number of carboxylic acid groups (broad SMARTS) is 1. The van der Waals surface area contributed by atoms with Crippen LogP contribution in [0.2, 0.25) is 0 Å². The standard InChI is InChI=1S/C29H34N2O5S/c1-37(35)19-26-24(18-25(36-26)20-8-4-2-5-9-20)28(21-10-6-3-7-11-21)31-23-14-12-22(13-15-23)29(34)30-17-16-27(32)33/h2,4-5,8-9,12-15,18,21,28,31H,3,6-7,10-11,16-17,19H2,1H3,(H,30,34)(H,32,33). The summed E-state index contributed by atoms with van der Waals surface area (Å²) in [7, 11) is -1.05. The molecule has 7 nitrogen and oxygen atoms in total. The molecule has 8 heteroatoms. The Balaban J connectivity index is 1.60. The van der Waals surface area contributed by atoms with Gasteiger partial charge in [-0.05, 0) is 49.1 Å². The largest absolute Gasteiger partial charge is 0.481 e. The molecule has 1 aromatic heterocycles. The van der Waals surface area contributed by atoms with Gasteiger partial charge in [0.2, 0.25) is 0 Å². The van der Waals surface area contributed by atoms with Crippen LogP contribution in [-0.4, -0.2) is 34.0 Å². The Morgan fingerprint density at radius 2 is 1.76 bits per heavy atom. The first-order valence-corrected chi connectivity index (χ1v) is 14.5. The summed E-state index contributed by atoms with van der Waals surface area (Å²) in [4.78, 5) is 23.0. The van der Waals surface area contributed by atoms with E-state index in [0.29, 0.717) is 17.2 Å². The number of carbonyl (C=O) groups is 2. The fraction of sp³-hybridized carbons (Fsp3) is 0.379. The summed E-state index contributed by atoms with van der Waals surface area (Å²) in [6, 6.07) is 19.2. The molecule has 1 saturated carbocycles. The van der Waals surface area contributed by atoms with Gasteiger partial charge in [0, 0.05) is 46.0 Å². The van der Waals surface area contributed by atoms with E-state index in [2.05, 4.69) is 16.7 Å². The number of furan rings is 1. The monoisotopic (exact) mass is 522 g/mol. The molecule has 1 heterocycles. The summed E-state index contributed by atoms with van der Waals surface area (Å²) in [5.41, 5.74) is 3.37. The highest BCUT2D eigenvalue weighted by atomic mass is 32.2. The molecule has 1 fully saturated rings. The first kappa shape index (κ1) is 26.7. The van der Waals surface area contributed by atoms with Gasteiger partial charge in [-0.25, -0.2) is 0 Å². The molecule has 2 unspecified atom stereocenters. The molecule has 0 aliphatic heterocycles. The van der Waals surface area contributed by atoms with E-state index in [1.165, 1.54) is 19.3 Å². The van der Waals surface area contributed by atoms with Crippen LogP contribution in [0.25, 0.3) is 11.3 Å². The van der Waals surface area contributed by atoms with Crippen molar-refractivity contribution < 1.29 is 23.3 Å². The van der Waals surface area contributed by atoms with Crippen LogP contribution in [0, 0.1) is 5.92 Å². The van der Waals surface area contributed by atoms with Crippen molar-refractivity contribution in [1.82, 2.24) is 5.32 Å². The Hall–Kier alpha value is -3.39. The van der Waals surface area contributed by atoms with Crippen molar-refractivity contribution in [3.05, 3.63) is 77.6 Å². The molecule has 0 radical (unpaired) electrons. The number of aliphatic carboxylic acids is 1. The minimum Gasteiger partial charge on any atom is -0.481 e. The summed E-state index contributed by atoms with van der Waals surface area (Å²) < 4.78 is 18.5. The van der Waals surface area contributed by atoms with E-state index < -0.39 is 16.8 Å². The number of hydrogen-bond donors (Lipinski definition) is 3. The van der Waals surface area contributed by atoms with Crippen LogP contribution in [0.15, 0.2) is 65.1 Å². The van der Waals surface area contributed by atoms with Gasteiger partial charge in [0.15, 0.2) is 0 Å². The molecule has 1 aliphatic carbocycles. The summed E-state index contributed by atoms with van der Waals surface area (Å²) in [5, 5.41) is 15.1. The topological polar surface area (TPSA) is 109 Å². The van der Waals surface area contributed by atoms with Crippen molar-refractivity contribution in [2.24, 2.45) is 5.92 Å². The molecule has 2 atom stereocenters. The number of amides is 1. The Morgan fingerprint density at radius 3 is 2.41 bits per heavy atom. The molecule has 196 valence electrons. The summed E-state index contributed by atoms with van der Waals surface area (Å²) in [6.07, 6.45) is 7.37. The molecule has 1 amide bonds. The van der Waals surface area contributed by atoms with Crippen molar-refractivity contribution >= 4 is 28.4 Å². The Morgan fingerprint density at radius 1 is 1.05 bits per heavy atom. The van der Waals surface area contributed by atoms with E-state index in [-0.39, 0.29) is 24.9 Å². The summed E-state index contributed by atoms with van der Waals surface area (Å²) in [5.74, 6) is 1.02. The van der Waals surface area contributed by atoms with E-state index in [4.69, 9.17) is 9.52 Å². The van der Waals surface area contributed by atoms with Gasteiger partial charge in [-0.2, -0.15) is 0 Å². The average Bonchev–Trinajstić information content (AvgIpc) is 3.31. The predicted octanol–water partition coefficient (Wildman–Crippen LogP) is 5.76. The van der Waals surface area contributed by atoms with Crippen molar-refractivity contribution in [1.29, 1.82) is 0 Å². The zero-order valence-electron chi connectivity index (χ0n) is 21.1. The molecule has 37 heavy (non-hydrogen) atoms. The van der Waals surface area contributed by atoms with Crippen LogP contribution >= 0.6 is 0 Å². The minimum atomic E-state index is -1.05. The van der Waals surface area contributed by atoms with E-state index in [1.807, 2.05) is 42.5 Å². The molecule has 0 saturated heterocycles. The number of nitrogens with one attached hydrogen (secondary N) is 2. The lowest BCUT2D eigenvalue weighted by Gasteiger charge is -2.32. The third kappa shape index (κ3) is 7.32. The van der Waals surface area contributed by atoms with Crippen LogP contribution in [-0.2, 0) is 21.3 Å². The molecular formula is C29H34N2O5S. The quantitative estimate of drug-likeness (QED) is 0.295. The van der Waals surface area contributed by atoms with Crippen LogP contribution < -0.4 is 10.6 Å². The highest BCUT2D eigenvalue weighted by molar-refractivity contribution is 7.83. The smallest absolute Gasteiger partial charge is 0.305 e. The van der Waals surface area contributed by atoms with E-state index in [9.17, 15) is 13.8 Å². The normalized spacial score (nSPS) is 15.6. The van der Waals surface area contributed by atoms with Gasteiger partial charge in [0.1, 0.15) is 11.5 Å². The fourth-order valence-electron chi connectivity index (χ4n) is 4.95. The molecule has 1 aliphatic rings. The van der Waals surface area contributed by atoms with Crippen molar-refractivity contribution in [2.75, 3.05) is 18.1 Å². The van der Waals surface area contributed by atoms with Crippen LogP contribution in [0.1, 0.15) is 66.2 Å². The second-order valence-corrected chi connectivity index (χ2v) is 11.0. The Bertz CT molecular complexity index is 1220. The number of hydrogen-bond acceptors (Lipinski definition) is 5. The maximum absolute atomic E-state index is 12.3. The molecular weight excluding hydrogens is 488 g/mol. The van der Waals surface area contributed by atoms with Crippen molar-refractivity contribution in [3.8, 4) is 11.3 Å². The number of carboxylic acids is 1. The third-order valence-electron chi connectivity index (χ3n) is 6.78. The predicted molar refractivity (Wildman–Crippen MR) is 146 cm³/mol. The van der Waals surface area contributed by atoms with Crippen molar-refractivity contribution in [3.63, 3.8) is 0 Å². The van der Waals surface area contributed by atoms with E-state index in [0.717, 1.165) is 41.2 Å². The van der Waals surface area contributed by atoms with Gasteiger partial charge in [-0.1, -0.05) is 49.6 Å². The van der Waals surface area contributed by atoms with E-state index >= 15 is 0 Å². The lowest BCUT2D eigenvalue weighted by Crippen LogP contribution is -2.26. The number of rotatable bonds is 11. The summed E-state index contributed by atoms with van der Waals surface area (Å²) in [6.45, 7) is 0.0870. The zero-order valence-corrected chi connectivity index (χ0v) is 21.9. The van der Waals surface area contributed by atoms with Gasteiger partial charge in [0.05, 0.1) is 18.2 Å². The number of benzene rings is 2. The Labute approximate surface area is 220 Å². The fourth-order valence-corrected chi connectivity index (χ4v) is 5.54. The Kier molecular flexibility index (Phi) is 9.17. The second kappa shape index (κ2) is 12.7. The third-order valence-corrected chi connectivity index (χ3v) is 7.45. The molecule has 2 aromatic carbocycles. The average molecular weight is 523 g/mol. The maximum atomic E-state index is 12.3. The number of anilines is 1. The lowest BCUT2D eigenvalue weighted by molar-refractivity contribution is -0.136. The van der Waals surface area contributed by atoms with Crippen LogP contribution in [0.5, 0.6) is 0 Å². The van der Waals surface area contributed by atoms with Gasteiger partial charge < -0.3 is 20.2 Å². The highest BCUT2D eigenvalue weighted by Gasteiger charge is 2.30. The first-order valence-electron chi connectivity index (χ1n) is 12.8. The van der Waals surface area contributed by atoms with Gasteiger partial charge in [0.25, 0.3) is 5.91 Å². The van der Waals surface area contributed by atoms with E-state index in [1.54, 1.807) is 18.4 Å². The summed E-state index contributed by atoms with van der Waals surface area (Å²) >= 11 is 0. The minimum absolute atomic E-state index is 0.0182. The molecule has 0 bridgehead atoms. The number of carbonyl (C=O) groups excluding carboxylic acids is 1. The highest BCUT2D eigenvalue weighted by Crippen LogP contribution is 2.41. The van der Waals surface area contributed by atoms with Gasteiger partial charge >= 0.3 is 5.97 Å². The molecule has 3 N–H and O–H groups in total.